The molecule has 3 aromatic rings. The molecule has 0 aromatic heterocycles. The Balaban J connectivity index is 1.43. The largest absolute Gasteiger partial charge is 0.508 e. The van der Waals surface area contributed by atoms with Crippen molar-refractivity contribution in [2.24, 2.45) is 0 Å². The van der Waals surface area contributed by atoms with Crippen molar-refractivity contribution in [3.63, 3.8) is 0 Å². The monoisotopic (exact) mass is 561 g/mol. The lowest BCUT2D eigenvalue weighted by Gasteiger charge is -2.42. The number of hydrogen-bond acceptors (Lipinski definition) is 8. The molecule has 0 spiro atoms. The van der Waals surface area contributed by atoms with E-state index in [4.69, 9.17) is 14.2 Å². The first kappa shape index (κ1) is 30.2. The topological polar surface area (TPSA) is 106 Å². The minimum absolute atomic E-state index is 0.0819. The highest BCUT2D eigenvalue weighted by atomic mass is 16.6. The molecule has 3 aromatic carbocycles. The van der Waals surface area contributed by atoms with E-state index in [9.17, 15) is 19.8 Å². The summed E-state index contributed by atoms with van der Waals surface area (Å²) in [4.78, 5) is 26.0. The number of Topliss-reactive ketones (excluding diaryl/α,β-unsaturated/α-hetero) is 2. The van der Waals surface area contributed by atoms with Crippen molar-refractivity contribution in [1.82, 2.24) is 4.90 Å². The fourth-order valence-corrected chi connectivity index (χ4v) is 4.88. The second-order valence-corrected chi connectivity index (χ2v) is 10.3. The van der Waals surface area contributed by atoms with Gasteiger partial charge in [0.1, 0.15) is 42.7 Å². The van der Waals surface area contributed by atoms with Crippen molar-refractivity contribution in [2.45, 2.75) is 58.0 Å². The van der Waals surface area contributed by atoms with Gasteiger partial charge in [-0.2, -0.15) is 0 Å². The van der Waals surface area contributed by atoms with E-state index in [1.165, 1.54) is 0 Å². The molecule has 0 saturated carbocycles. The summed E-state index contributed by atoms with van der Waals surface area (Å²) in [6.07, 6.45) is -0.472. The van der Waals surface area contributed by atoms with Gasteiger partial charge in [0, 0.05) is 43.1 Å². The van der Waals surface area contributed by atoms with Gasteiger partial charge >= 0.3 is 0 Å². The number of aliphatic hydroxyl groups is 1. The van der Waals surface area contributed by atoms with Crippen molar-refractivity contribution in [3.05, 3.63) is 89.5 Å². The van der Waals surface area contributed by atoms with Gasteiger partial charge in [0.2, 0.25) is 0 Å². The molecule has 1 heterocycles. The second-order valence-electron chi connectivity index (χ2n) is 10.3. The van der Waals surface area contributed by atoms with Gasteiger partial charge in [0.15, 0.2) is 11.6 Å². The lowest BCUT2D eigenvalue weighted by atomic mass is 10.0. The number of ketones is 2. The third kappa shape index (κ3) is 8.16. The molecule has 218 valence electrons. The van der Waals surface area contributed by atoms with Crippen LogP contribution in [0.25, 0.3) is 0 Å². The normalized spacial score (nSPS) is 18.8. The zero-order valence-electron chi connectivity index (χ0n) is 23.9. The number of aromatic hydroxyl groups is 1. The Kier molecular flexibility index (Phi) is 10.5. The number of hydrogen-bond donors (Lipinski definition) is 2. The van der Waals surface area contributed by atoms with E-state index in [0.29, 0.717) is 54.1 Å². The number of carbonyl (C=O) groups excluding carboxylic acids is 2. The Bertz CT molecular complexity index is 1200. The Hall–Kier alpha value is -3.72. The number of phenolic OH excluding ortho intramolecular Hbond substituents is 1. The van der Waals surface area contributed by atoms with Crippen LogP contribution in [0.1, 0.15) is 66.0 Å². The summed E-state index contributed by atoms with van der Waals surface area (Å²) < 4.78 is 18.4. The molecule has 1 aliphatic rings. The predicted molar refractivity (Wildman–Crippen MR) is 156 cm³/mol. The molecule has 2 N–H and O–H groups in total. The molecule has 0 radical (unpaired) electrons. The number of morpholine rings is 1. The van der Waals surface area contributed by atoms with Gasteiger partial charge < -0.3 is 24.4 Å². The maximum absolute atomic E-state index is 11.9. The summed E-state index contributed by atoms with van der Waals surface area (Å²) in [5, 5.41) is 20.8. The molecule has 8 heteroatoms. The number of phenols is 1. The zero-order chi connectivity index (χ0) is 29.4. The Labute approximate surface area is 241 Å². The van der Waals surface area contributed by atoms with Crippen molar-refractivity contribution in [3.8, 4) is 17.2 Å². The van der Waals surface area contributed by atoms with E-state index < -0.39 is 6.10 Å². The first-order valence-electron chi connectivity index (χ1n) is 14.2. The molecule has 0 unspecified atom stereocenters. The molecule has 41 heavy (non-hydrogen) atoms. The van der Waals surface area contributed by atoms with Gasteiger partial charge in [0.25, 0.3) is 0 Å². The number of rotatable bonds is 13. The second kappa shape index (κ2) is 14.3. The van der Waals surface area contributed by atoms with Gasteiger partial charge in [-0.25, -0.2) is 0 Å². The smallest absolute Gasteiger partial charge is 0.162 e. The average Bonchev–Trinajstić information content (AvgIpc) is 3.02. The van der Waals surface area contributed by atoms with Crippen molar-refractivity contribution < 1.29 is 34.0 Å². The van der Waals surface area contributed by atoms with Crippen LogP contribution in [0.2, 0.25) is 0 Å². The standard InChI is InChI=1S/C33H39NO7/c1-4-31(36)23-8-14-27(15-9-23)39-20-29-18-34(22(3)33(38)25-6-12-26(35)13-7-25)19-30(41-29)21-40-28-16-10-24(11-17-28)32(37)5-2/h6-17,22,29-30,33,35,38H,4-5,18-21H2,1-3H3/t22-,29-,30+,33-/m1/s1. The van der Waals surface area contributed by atoms with Crippen molar-refractivity contribution in [1.29, 1.82) is 0 Å². The summed E-state index contributed by atoms with van der Waals surface area (Å²) in [5.41, 5.74) is 2.02. The van der Waals surface area contributed by atoms with Crippen LogP contribution < -0.4 is 9.47 Å². The minimum atomic E-state index is -0.774. The van der Waals surface area contributed by atoms with E-state index in [0.717, 1.165) is 0 Å². The van der Waals surface area contributed by atoms with E-state index in [1.54, 1.807) is 72.8 Å². The Morgan fingerprint density at radius 2 is 1.24 bits per heavy atom. The molecule has 0 aliphatic carbocycles. The minimum Gasteiger partial charge on any atom is -0.508 e. The number of aliphatic hydroxyl groups excluding tert-OH is 1. The van der Waals surface area contributed by atoms with Gasteiger partial charge in [0.05, 0.1) is 6.10 Å². The predicted octanol–water partition coefficient (Wildman–Crippen LogP) is 5.23. The number of ether oxygens (including phenoxy) is 3. The molecule has 4 rings (SSSR count). The summed E-state index contributed by atoms with van der Waals surface area (Å²) >= 11 is 0. The third-order valence-corrected chi connectivity index (χ3v) is 7.40. The molecular formula is C33H39NO7. The van der Waals surface area contributed by atoms with Gasteiger partial charge in [-0.05, 0) is 73.2 Å². The number of benzene rings is 3. The van der Waals surface area contributed by atoms with Crippen molar-refractivity contribution in [2.75, 3.05) is 26.3 Å². The van der Waals surface area contributed by atoms with Crippen LogP contribution >= 0.6 is 0 Å². The van der Waals surface area contributed by atoms with Crippen molar-refractivity contribution >= 4 is 11.6 Å². The fraction of sp³-hybridized carbons (Fsp3) is 0.394. The molecule has 1 saturated heterocycles. The number of nitrogens with zero attached hydrogens (tertiary/aromatic N) is 1. The molecule has 1 fully saturated rings. The molecule has 4 atom stereocenters. The van der Waals surface area contributed by atoms with Gasteiger partial charge in [-0.1, -0.05) is 26.0 Å². The van der Waals surface area contributed by atoms with E-state index >= 15 is 0 Å². The summed E-state index contributed by atoms with van der Waals surface area (Å²) in [5.74, 6) is 1.60. The van der Waals surface area contributed by atoms with E-state index in [2.05, 4.69) is 4.90 Å². The highest BCUT2D eigenvalue weighted by Gasteiger charge is 2.34. The summed E-state index contributed by atoms with van der Waals surface area (Å²) in [6.45, 7) is 7.27. The summed E-state index contributed by atoms with van der Waals surface area (Å²) in [7, 11) is 0. The zero-order valence-corrected chi connectivity index (χ0v) is 23.9. The number of carbonyl (C=O) groups is 2. The first-order chi connectivity index (χ1) is 19.8. The van der Waals surface area contributed by atoms with Crippen LogP contribution in [-0.4, -0.2) is 71.2 Å². The quantitative estimate of drug-likeness (QED) is 0.274. The average molecular weight is 562 g/mol. The lowest BCUT2D eigenvalue weighted by Crippen LogP contribution is -2.55. The van der Waals surface area contributed by atoms with Crippen LogP contribution in [0.15, 0.2) is 72.8 Å². The van der Waals surface area contributed by atoms with Crippen LogP contribution in [-0.2, 0) is 4.74 Å². The lowest BCUT2D eigenvalue weighted by molar-refractivity contribution is -0.128. The Morgan fingerprint density at radius 3 is 1.66 bits per heavy atom. The highest BCUT2D eigenvalue weighted by Crippen LogP contribution is 2.26. The van der Waals surface area contributed by atoms with Gasteiger partial charge in [-0.3, -0.25) is 14.5 Å². The van der Waals surface area contributed by atoms with E-state index in [-0.39, 0.29) is 48.8 Å². The van der Waals surface area contributed by atoms with Gasteiger partial charge in [-0.15, -0.1) is 0 Å². The third-order valence-electron chi connectivity index (χ3n) is 7.40. The van der Waals surface area contributed by atoms with Crippen LogP contribution in [0.4, 0.5) is 0 Å². The molecule has 1 aliphatic heterocycles. The van der Waals surface area contributed by atoms with E-state index in [1.807, 2.05) is 20.8 Å². The SMILES string of the molecule is CCC(=O)c1ccc(OC[C@@H]2CN([C@H](C)[C@@H](O)c3ccc(O)cc3)C[C@H](COc3ccc(C(=O)CC)cc3)O2)cc1. The maximum atomic E-state index is 11.9. The maximum Gasteiger partial charge on any atom is 0.162 e. The fourth-order valence-electron chi connectivity index (χ4n) is 4.88. The highest BCUT2D eigenvalue weighted by molar-refractivity contribution is 5.96. The molecule has 0 amide bonds. The van der Waals surface area contributed by atoms with Crippen LogP contribution in [0.5, 0.6) is 17.2 Å². The Morgan fingerprint density at radius 1 is 0.805 bits per heavy atom. The molecular weight excluding hydrogens is 522 g/mol. The molecule has 8 nitrogen and oxygen atoms in total. The summed E-state index contributed by atoms with van der Waals surface area (Å²) in [6, 6.07) is 20.5. The molecule has 0 bridgehead atoms. The van der Waals surface area contributed by atoms with Crippen LogP contribution in [0, 0.1) is 0 Å². The first-order valence-corrected chi connectivity index (χ1v) is 14.2. The van der Waals surface area contributed by atoms with Crippen LogP contribution in [0.3, 0.4) is 0 Å².